The second-order valence-electron chi connectivity index (χ2n) is 8.59. The van der Waals surface area contributed by atoms with Crippen molar-refractivity contribution in [1.29, 1.82) is 0 Å². The molecule has 0 aromatic carbocycles. The van der Waals surface area contributed by atoms with E-state index in [1.54, 1.807) is 0 Å². The molecule has 4 atom stereocenters. The molecule has 13 heteroatoms. The normalized spacial score (nSPS) is 21.6. The zero-order chi connectivity index (χ0) is 24.7. The highest BCUT2D eigenvalue weighted by Crippen LogP contribution is 2.19. The van der Waals surface area contributed by atoms with Crippen molar-refractivity contribution in [2.24, 2.45) is 5.73 Å². The van der Waals surface area contributed by atoms with Crippen LogP contribution in [0.1, 0.15) is 44.2 Å². The van der Waals surface area contributed by atoms with E-state index in [1.807, 2.05) is 0 Å². The molecule has 1 aromatic heterocycles. The van der Waals surface area contributed by atoms with Gasteiger partial charge in [0.25, 0.3) is 0 Å². The Labute approximate surface area is 196 Å². The van der Waals surface area contributed by atoms with E-state index in [0.717, 1.165) is 6.42 Å². The standard InChI is InChI=1S/C21H31N7O6/c22-17(29)6-5-14(26-18(30)13-3-1-7-24-13)19(31)27-15(9-12-10-23-11-25-12)20(32)28-8-2-4-16(28)21(33)34/h10-11,13-16,24H,1-9H2,(H2,22,29)(H,23,25)(H,26,30)(H,27,31)(H,33,34). The van der Waals surface area contributed by atoms with Crippen LogP contribution in [0.5, 0.6) is 0 Å². The maximum Gasteiger partial charge on any atom is 0.326 e. The number of aliphatic carboxylic acids is 1. The summed E-state index contributed by atoms with van der Waals surface area (Å²) in [4.78, 5) is 70.0. The average Bonchev–Trinajstić information content (AvgIpc) is 3.57. The summed E-state index contributed by atoms with van der Waals surface area (Å²) in [5.74, 6) is -3.29. The maximum absolute atomic E-state index is 13.3. The van der Waals surface area contributed by atoms with Gasteiger partial charge in [-0.3, -0.25) is 19.2 Å². The molecule has 186 valence electrons. The highest BCUT2D eigenvalue weighted by atomic mass is 16.4. The average molecular weight is 478 g/mol. The summed E-state index contributed by atoms with van der Waals surface area (Å²) in [6, 6.07) is -3.58. The monoisotopic (exact) mass is 477 g/mol. The molecule has 1 aromatic rings. The molecule has 3 rings (SSSR count). The number of carbonyl (C=O) groups is 5. The van der Waals surface area contributed by atoms with Gasteiger partial charge in [0.15, 0.2) is 0 Å². The highest BCUT2D eigenvalue weighted by Gasteiger charge is 2.38. The number of aromatic amines is 1. The molecule has 2 fully saturated rings. The van der Waals surface area contributed by atoms with Crippen LogP contribution >= 0.6 is 0 Å². The van der Waals surface area contributed by atoms with Gasteiger partial charge in [-0.25, -0.2) is 9.78 Å². The molecule has 0 bridgehead atoms. The quantitative estimate of drug-likeness (QED) is 0.210. The van der Waals surface area contributed by atoms with Gasteiger partial charge in [0, 0.05) is 31.3 Å². The second kappa shape index (κ2) is 11.6. The number of carboxylic acids is 1. The number of hydrogen-bond donors (Lipinski definition) is 6. The minimum Gasteiger partial charge on any atom is -0.480 e. The van der Waals surface area contributed by atoms with Crippen molar-refractivity contribution < 1.29 is 29.1 Å². The summed E-state index contributed by atoms with van der Waals surface area (Å²) in [5, 5.41) is 17.8. The van der Waals surface area contributed by atoms with Crippen LogP contribution in [0.15, 0.2) is 12.5 Å². The van der Waals surface area contributed by atoms with Crippen LogP contribution in [0.25, 0.3) is 0 Å². The fraction of sp³-hybridized carbons (Fsp3) is 0.619. The predicted molar refractivity (Wildman–Crippen MR) is 118 cm³/mol. The van der Waals surface area contributed by atoms with Crippen LogP contribution in [0.3, 0.4) is 0 Å². The molecule has 0 aliphatic carbocycles. The molecule has 3 heterocycles. The van der Waals surface area contributed by atoms with Gasteiger partial charge in [0.05, 0.1) is 12.4 Å². The number of primary amides is 1. The minimum absolute atomic E-state index is 0.0357. The smallest absolute Gasteiger partial charge is 0.326 e. The van der Waals surface area contributed by atoms with Gasteiger partial charge in [0.1, 0.15) is 18.1 Å². The molecule has 7 N–H and O–H groups in total. The molecule has 0 radical (unpaired) electrons. The number of amides is 4. The number of carbonyl (C=O) groups excluding carboxylic acids is 4. The van der Waals surface area contributed by atoms with E-state index >= 15 is 0 Å². The summed E-state index contributed by atoms with van der Waals surface area (Å²) >= 11 is 0. The Morgan fingerprint density at radius 1 is 1.18 bits per heavy atom. The van der Waals surface area contributed by atoms with E-state index in [4.69, 9.17) is 5.73 Å². The van der Waals surface area contributed by atoms with Gasteiger partial charge in [-0.1, -0.05) is 0 Å². The lowest BCUT2D eigenvalue weighted by Gasteiger charge is -2.28. The van der Waals surface area contributed by atoms with Gasteiger partial charge in [0.2, 0.25) is 23.6 Å². The van der Waals surface area contributed by atoms with Crippen molar-refractivity contribution in [2.75, 3.05) is 13.1 Å². The first-order valence-corrected chi connectivity index (χ1v) is 11.4. The van der Waals surface area contributed by atoms with Crippen molar-refractivity contribution in [2.45, 2.75) is 69.1 Å². The predicted octanol–water partition coefficient (Wildman–Crippen LogP) is -1.99. The summed E-state index contributed by atoms with van der Waals surface area (Å²) in [5.41, 5.74) is 5.80. The summed E-state index contributed by atoms with van der Waals surface area (Å²) < 4.78 is 0. The number of nitrogens with one attached hydrogen (secondary N) is 4. The molecule has 4 amide bonds. The first-order valence-electron chi connectivity index (χ1n) is 11.4. The first kappa shape index (κ1) is 25.1. The Kier molecular flexibility index (Phi) is 8.57. The van der Waals surface area contributed by atoms with E-state index in [0.29, 0.717) is 31.5 Å². The number of rotatable bonds is 11. The van der Waals surface area contributed by atoms with E-state index in [9.17, 15) is 29.1 Å². The van der Waals surface area contributed by atoms with Crippen molar-refractivity contribution >= 4 is 29.6 Å². The zero-order valence-electron chi connectivity index (χ0n) is 18.8. The molecular weight excluding hydrogens is 446 g/mol. The number of likely N-dealkylation sites (tertiary alicyclic amines) is 1. The third-order valence-corrected chi connectivity index (χ3v) is 6.10. The molecule has 0 saturated carbocycles. The lowest BCUT2D eigenvalue weighted by Crippen LogP contribution is -2.57. The van der Waals surface area contributed by atoms with E-state index in [2.05, 4.69) is 25.9 Å². The summed E-state index contributed by atoms with van der Waals surface area (Å²) in [7, 11) is 0. The Balaban J connectivity index is 1.75. The van der Waals surface area contributed by atoms with Crippen LogP contribution in [0, 0.1) is 0 Å². The lowest BCUT2D eigenvalue weighted by atomic mass is 10.1. The largest absolute Gasteiger partial charge is 0.480 e. The number of imidazole rings is 1. The number of nitrogens with two attached hydrogens (primary N) is 1. The van der Waals surface area contributed by atoms with Crippen LogP contribution in [0.2, 0.25) is 0 Å². The molecule has 4 unspecified atom stereocenters. The number of aromatic nitrogens is 2. The molecule has 34 heavy (non-hydrogen) atoms. The number of nitrogens with zero attached hydrogens (tertiary/aromatic N) is 2. The van der Waals surface area contributed by atoms with Crippen molar-refractivity contribution in [3.05, 3.63) is 18.2 Å². The van der Waals surface area contributed by atoms with Gasteiger partial charge in [-0.15, -0.1) is 0 Å². The summed E-state index contributed by atoms with van der Waals surface area (Å²) in [6.45, 7) is 0.956. The second-order valence-corrected chi connectivity index (χ2v) is 8.59. The van der Waals surface area contributed by atoms with Crippen molar-refractivity contribution in [3.63, 3.8) is 0 Å². The highest BCUT2D eigenvalue weighted by molar-refractivity contribution is 5.94. The van der Waals surface area contributed by atoms with E-state index < -0.39 is 47.9 Å². The Morgan fingerprint density at radius 2 is 1.97 bits per heavy atom. The number of H-pyrrole nitrogens is 1. The summed E-state index contributed by atoms with van der Waals surface area (Å²) in [6.07, 6.45) is 5.14. The molecular formula is C21H31N7O6. The van der Waals surface area contributed by atoms with Crippen molar-refractivity contribution in [3.8, 4) is 0 Å². The van der Waals surface area contributed by atoms with E-state index in [1.165, 1.54) is 17.4 Å². The first-order chi connectivity index (χ1) is 16.3. The van der Waals surface area contributed by atoms with Gasteiger partial charge < -0.3 is 36.7 Å². The van der Waals surface area contributed by atoms with Crippen LogP contribution in [-0.4, -0.2) is 86.8 Å². The fourth-order valence-electron chi connectivity index (χ4n) is 4.31. The SMILES string of the molecule is NC(=O)CCC(NC(=O)C1CCCN1)C(=O)NC(Cc1cnc[nH]1)C(=O)N1CCCC1C(=O)O. The Bertz CT molecular complexity index is 899. The molecule has 2 aliphatic heterocycles. The Morgan fingerprint density at radius 3 is 2.59 bits per heavy atom. The third-order valence-electron chi connectivity index (χ3n) is 6.10. The van der Waals surface area contributed by atoms with Crippen LogP contribution < -0.4 is 21.7 Å². The van der Waals surface area contributed by atoms with Crippen LogP contribution in [0.4, 0.5) is 0 Å². The van der Waals surface area contributed by atoms with Gasteiger partial charge in [-0.2, -0.15) is 0 Å². The third kappa shape index (κ3) is 6.53. The molecule has 2 aliphatic rings. The van der Waals surface area contributed by atoms with Gasteiger partial charge >= 0.3 is 5.97 Å². The van der Waals surface area contributed by atoms with E-state index in [-0.39, 0.29) is 31.7 Å². The Hall–Kier alpha value is -3.48. The topological polar surface area (TPSA) is 200 Å². The van der Waals surface area contributed by atoms with Gasteiger partial charge in [-0.05, 0) is 38.6 Å². The molecule has 0 spiro atoms. The maximum atomic E-state index is 13.3. The molecule has 13 nitrogen and oxygen atoms in total. The lowest BCUT2D eigenvalue weighted by molar-refractivity contribution is -0.149. The van der Waals surface area contributed by atoms with Crippen molar-refractivity contribution in [1.82, 2.24) is 30.8 Å². The zero-order valence-corrected chi connectivity index (χ0v) is 18.8. The molecule has 2 saturated heterocycles. The number of carboxylic acid groups (broad SMARTS) is 1. The fourth-order valence-corrected chi connectivity index (χ4v) is 4.31. The van der Waals surface area contributed by atoms with Crippen LogP contribution in [-0.2, 0) is 30.4 Å². The minimum atomic E-state index is -1.10. The number of hydrogen-bond acceptors (Lipinski definition) is 7.